The Bertz CT molecular complexity index is 346. The van der Waals surface area contributed by atoms with Gasteiger partial charge >= 0.3 is 0 Å². The van der Waals surface area contributed by atoms with Gasteiger partial charge < -0.3 is 10.4 Å². The van der Waals surface area contributed by atoms with E-state index >= 15 is 0 Å². The van der Waals surface area contributed by atoms with Crippen LogP contribution in [0.4, 0.5) is 0 Å². The molecule has 3 fully saturated rings. The maximum Gasteiger partial charge on any atom is 0.0906 e. The molecule has 2 aliphatic carbocycles. The molecule has 1 saturated heterocycles. The van der Waals surface area contributed by atoms with Gasteiger partial charge in [-0.15, -0.1) is 0 Å². The van der Waals surface area contributed by atoms with Crippen LogP contribution < -0.4 is 5.32 Å². The Kier molecular flexibility index (Phi) is 2.68. The molecule has 3 aliphatic rings. The molecule has 2 saturated carbocycles. The van der Waals surface area contributed by atoms with E-state index in [1.807, 2.05) is 0 Å². The molecule has 2 N–H and O–H groups in total. The summed E-state index contributed by atoms with van der Waals surface area (Å²) < 4.78 is 0. The normalized spacial score (nSPS) is 54.8. The van der Waals surface area contributed by atoms with E-state index < -0.39 is 5.60 Å². The lowest BCUT2D eigenvalue weighted by Crippen LogP contribution is -2.66. The highest BCUT2D eigenvalue weighted by Gasteiger charge is 2.70. The Morgan fingerprint density at radius 2 is 1.89 bits per heavy atom. The van der Waals surface area contributed by atoms with Gasteiger partial charge in [-0.2, -0.15) is 0 Å². The summed E-state index contributed by atoms with van der Waals surface area (Å²) in [6.07, 6.45) is 6.15. The van der Waals surface area contributed by atoms with E-state index in [2.05, 4.69) is 33.0 Å². The van der Waals surface area contributed by atoms with Gasteiger partial charge in [0, 0.05) is 6.04 Å². The molecule has 0 aromatic carbocycles. The summed E-state index contributed by atoms with van der Waals surface area (Å²) in [5, 5.41) is 15.3. The minimum Gasteiger partial charge on any atom is -0.387 e. The Balaban J connectivity index is 1.97. The van der Waals surface area contributed by atoms with Crippen LogP contribution in [0.15, 0.2) is 0 Å². The zero-order valence-corrected chi connectivity index (χ0v) is 12.4. The molecule has 1 heterocycles. The third-order valence-electron chi connectivity index (χ3n) is 6.83. The number of aliphatic hydroxyl groups is 1. The van der Waals surface area contributed by atoms with Crippen molar-refractivity contribution in [2.75, 3.05) is 6.54 Å². The summed E-state index contributed by atoms with van der Waals surface area (Å²) in [6.45, 7) is 10.4. The fraction of sp³-hybridized carbons (Fsp3) is 1.00. The van der Waals surface area contributed by atoms with Gasteiger partial charge in [-0.3, -0.25) is 0 Å². The number of rotatable bonds is 1. The minimum atomic E-state index is -0.516. The molecule has 104 valence electrons. The van der Waals surface area contributed by atoms with Gasteiger partial charge in [0.1, 0.15) is 0 Å². The van der Waals surface area contributed by atoms with Crippen LogP contribution in [0.1, 0.15) is 59.8 Å². The second kappa shape index (κ2) is 3.73. The van der Waals surface area contributed by atoms with E-state index in [1.165, 1.54) is 25.7 Å². The molecule has 3 rings (SSSR count). The van der Waals surface area contributed by atoms with Crippen molar-refractivity contribution >= 4 is 0 Å². The van der Waals surface area contributed by atoms with Crippen LogP contribution in [-0.4, -0.2) is 23.3 Å². The van der Waals surface area contributed by atoms with E-state index in [4.69, 9.17) is 0 Å². The minimum absolute atomic E-state index is 0.0642. The molecule has 18 heavy (non-hydrogen) atoms. The zero-order valence-electron chi connectivity index (χ0n) is 12.4. The van der Waals surface area contributed by atoms with Gasteiger partial charge in [0.2, 0.25) is 0 Å². The number of nitrogens with one attached hydrogen (secondary N) is 1. The Morgan fingerprint density at radius 3 is 2.44 bits per heavy atom. The highest BCUT2D eigenvalue weighted by Crippen LogP contribution is 2.69. The van der Waals surface area contributed by atoms with Gasteiger partial charge in [0.15, 0.2) is 0 Å². The first kappa shape index (κ1) is 12.9. The van der Waals surface area contributed by atoms with Crippen molar-refractivity contribution in [2.45, 2.75) is 71.4 Å². The molecular formula is C16H29NO. The van der Waals surface area contributed by atoms with Crippen LogP contribution in [0.25, 0.3) is 0 Å². The van der Waals surface area contributed by atoms with Gasteiger partial charge in [0.25, 0.3) is 0 Å². The predicted octanol–water partition coefficient (Wildman–Crippen LogP) is 2.95. The van der Waals surface area contributed by atoms with Gasteiger partial charge in [0.05, 0.1) is 5.60 Å². The molecule has 0 spiro atoms. The summed E-state index contributed by atoms with van der Waals surface area (Å²) >= 11 is 0. The maximum atomic E-state index is 11.6. The standard InChI is InChI=1S/C16H29NO/c1-11-6-8-17-13(9-11)16(18)14(2,3)12-5-7-15(16,4)10-12/h11-13,17-18H,5-10H2,1-4H3. The van der Waals surface area contributed by atoms with Crippen LogP contribution in [0, 0.1) is 22.7 Å². The fourth-order valence-corrected chi connectivity index (χ4v) is 5.59. The van der Waals surface area contributed by atoms with Crippen molar-refractivity contribution in [2.24, 2.45) is 22.7 Å². The van der Waals surface area contributed by atoms with Gasteiger partial charge in [-0.05, 0) is 61.3 Å². The summed E-state index contributed by atoms with van der Waals surface area (Å²) in [4.78, 5) is 0. The average Bonchev–Trinajstić information content (AvgIpc) is 2.77. The second-order valence-electron chi connectivity index (χ2n) is 8.12. The SMILES string of the molecule is CC1CCNC(C2(O)C3(C)CCC(C3)C2(C)C)C1. The molecule has 5 unspecified atom stereocenters. The molecule has 0 aromatic rings. The van der Waals surface area contributed by atoms with Crippen LogP contribution in [0.3, 0.4) is 0 Å². The van der Waals surface area contributed by atoms with E-state index in [-0.39, 0.29) is 10.8 Å². The van der Waals surface area contributed by atoms with Crippen molar-refractivity contribution in [3.8, 4) is 0 Å². The van der Waals surface area contributed by atoms with Crippen LogP contribution in [0.5, 0.6) is 0 Å². The Hall–Kier alpha value is -0.0800. The number of fused-ring (bicyclic) bond motifs is 2. The number of hydrogen-bond acceptors (Lipinski definition) is 2. The van der Waals surface area contributed by atoms with Gasteiger partial charge in [-0.1, -0.05) is 27.7 Å². The smallest absolute Gasteiger partial charge is 0.0906 e. The summed E-state index contributed by atoms with van der Waals surface area (Å²) in [7, 11) is 0. The van der Waals surface area contributed by atoms with Crippen molar-refractivity contribution in [1.29, 1.82) is 0 Å². The monoisotopic (exact) mass is 251 g/mol. The quantitative estimate of drug-likeness (QED) is 0.751. The summed E-state index contributed by atoms with van der Waals surface area (Å²) in [5.41, 5.74) is -0.317. The van der Waals surface area contributed by atoms with Crippen molar-refractivity contribution in [1.82, 2.24) is 5.32 Å². The van der Waals surface area contributed by atoms with E-state index in [9.17, 15) is 5.11 Å². The molecular weight excluding hydrogens is 222 g/mol. The lowest BCUT2D eigenvalue weighted by molar-refractivity contribution is -0.171. The topological polar surface area (TPSA) is 32.3 Å². The lowest BCUT2D eigenvalue weighted by atomic mass is 9.56. The summed E-state index contributed by atoms with van der Waals surface area (Å²) in [5.74, 6) is 1.46. The predicted molar refractivity (Wildman–Crippen MR) is 74.4 cm³/mol. The molecule has 1 aliphatic heterocycles. The Labute approximate surface area is 112 Å². The second-order valence-corrected chi connectivity index (χ2v) is 8.12. The zero-order chi connectivity index (χ0) is 13.2. The number of hydrogen-bond donors (Lipinski definition) is 2. The third-order valence-corrected chi connectivity index (χ3v) is 6.83. The van der Waals surface area contributed by atoms with Gasteiger partial charge in [-0.25, -0.2) is 0 Å². The molecule has 2 heteroatoms. The molecule has 2 bridgehead atoms. The first-order valence-corrected chi connectivity index (χ1v) is 7.77. The molecule has 5 atom stereocenters. The van der Waals surface area contributed by atoms with Crippen molar-refractivity contribution < 1.29 is 5.11 Å². The van der Waals surface area contributed by atoms with E-state index in [0.717, 1.165) is 18.9 Å². The first-order chi connectivity index (χ1) is 8.31. The molecule has 0 aromatic heterocycles. The molecule has 0 radical (unpaired) electrons. The molecule has 0 amide bonds. The maximum absolute atomic E-state index is 11.6. The third kappa shape index (κ3) is 1.37. The Morgan fingerprint density at radius 1 is 1.17 bits per heavy atom. The van der Waals surface area contributed by atoms with Crippen LogP contribution in [0.2, 0.25) is 0 Å². The average molecular weight is 251 g/mol. The largest absolute Gasteiger partial charge is 0.387 e. The van der Waals surface area contributed by atoms with Crippen LogP contribution >= 0.6 is 0 Å². The van der Waals surface area contributed by atoms with Crippen LogP contribution in [-0.2, 0) is 0 Å². The molecule has 2 nitrogen and oxygen atoms in total. The van der Waals surface area contributed by atoms with E-state index in [0.29, 0.717) is 12.0 Å². The number of piperidine rings is 1. The first-order valence-electron chi connectivity index (χ1n) is 7.77. The lowest BCUT2D eigenvalue weighted by Gasteiger charge is -2.56. The van der Waals surface area contributed by atoms with Crippen molar-refractivity contribution in [3.05, 3.63) is 0 Å². The summed E-state index contributed by atoms with van der Waals surface area (Å²) in [6, 6.07) is 0.298. The van der Waals surface area contributed by atoms with Crippen molar-refractivity contribution in [3.63, 3.8) is 0 Å². The van der Waals surface area contributed by atoms with E-state index in [1.54, 1.807) is 0 Å². The highest BCUT2D eigenvalue weighted by molar-refractivity contribution is 5.22. The fourth-order valence-electron chi connectivity index (χ4n) is 5.59. The highest BCUT2D eigenvalue weighted by atomic mass is 16.3.